The number of rotatable bonds is 3. The first-order valence-corrected chi connectivity index (χ1v) is 5.31. The third-order valence-corrected chi connectivity index (χ3v) is 2.31. The number of ether oxygens (including phenoxy) is 1. The fraction of sp³-hybridized carbons (Fsp3) is 0.300. The Kier molecular flexibility index (Phi) is 3.83. The average Bonchev–Trinajstić information content (AvgIpc) is 2.18. The van der Waals surface area contributed by atoms with Gasteiger partial charge in [-0.15, -0.1) is 11.8 Å². The lowest BCUT2D eigenvalue weighted by atomic mass is 10.2. The van der Waals surface area contributed by atoms with Crippen molar-refractivity contribution in [2.24, 2.45) is 0 Å². The van der Waals surface area contributed by atoms with Crippen LogP contribution >= 0.6 is 11.8 Å². The Morgan fingerprint density at radius 2 is 2.31 bits per heavy atom. The fourth-order valence-corrected chi connectivity index (χ4v) is 1.42. The lowest BCUT2D eigenvalue weighted by Crippen LogP contribution is -2.04. The molecule has 0 aliphatic heterocycles. The molecule has 0 aliphatic rings. The van der Waals surface area contributed by atoms with E-state index in [1.807, 2.05) is 24.5 Å². The van der Waals surface area contributed by atoms with E-state index in [9.17, 15) is 4.79 Å². The number of hydrogen-bond acceptors (Lipinski definition) is 3. The van der Waals surface area contributed by atoms with Gasteiger partial charge in [0.05, 0.1) is 12.2 Å². The van der Waals surface area contributed by atoms with E-state index in [1.54, 1.807) is 24.8 Å². The molecule has 0 spiro atoms. The second-order valence-corrected chi connectivity index (χ2v) is 3.33. The van der Waals surface area contributed by atoms with Crippen LogP contribution in [0, 0.1) is 0 Å². The molecular formula is C10H12O2S. The van der Waals surface area contributed by atoms with Gasteiger partial charge < -0.3 is 4.74 Å². The van der Waals surface area contributed by atoms with Crippen LogP contribution < -0.4 is 0 Å². The average molecular weight is 196 g/mol. The molecule has 0 heterocycles. The second-order valence-electron chi connectivity index (χ2n) is 2.45. The van der Waals surface area contributed by atoms with Gasteiger partial charge in [0.2, 0.25) is 0 Å². The third kappa shape index (κ3) is 2.77. The summed E-state index contributed by atoms with van der Waals surface area (Å²) in [4.78, 5) is 12.4. The van der Waals surface area contributed by atoms with Crippen molar-refractivity contribution in [1.82, 2.24) is 0 Å². The van der Waals surface area contributed by atoms with Crippen LogP contribution in [0.15, 0.2) is 29.2 Å². The Bertz CT molecular complexity index is 297. The molecule has 0 bridgehead atoms. The minimum Gasteiger partial charge on any atom is -0.462 e. The van der Waals surface area contributed by atoms with Gasteiger partial charge in [-0.05, 0) is 31.4 Å². The van der Waals surface area contributed by atoms with Gasteiger partial charge in [0.1, 0.15) is 0 Å². The molecule has 13 heavy (non-hydrogen) atoms. The fourth-order valence-electron chi connectivity index (χ4n) is 0.964. The van der Waals surface area contributed by atoms with Crippen LogP contribution in [0.2, 0.25) is 0 Å². The molecule has 0 aromatic heterocycles. The van der Waals surface area contributed by atoms with E-state index in [-0.39, 0.29) is 5.97 Å². The molecule has 0 unspecified atom stereocenters. The summed E-state index contributed by atoms with van der Waals surface area (Å²) in [5, 5.41) is 0. The summed E-state index contributed by atoms with van der Waals surface area (Å²) in [5.74, 6) is -0.251. The van der Waals surface area contributed by atoms with Crippen molar-refractivity contribution in [2.45, 2.75) is 11.8 Å². The largest absolute Gasteiger partial charge is 0.462 e. The Hall–Kier alpha value is -0.960. The zero-order valence-electron chi connectivity index (χ0n) is 7.74. The molecule has 1 aromatic rings. The molecule has 1 aromatic carbocycles. The highest BCUT2D eigenvalue weighted by atomic mass is 32.2. The van der Waals surface area contributed by atoms with E-state index in [0.717, 1.165) is 4.90 Å². The third-order valence-electron chi connectivity index (χ3n) is 1.58. The number of carbonyl (C=O) groups excluding carboxylic acids is 1. The van der Waals surface area contributed by atoms with Crippen LogP contribution in [0.3, 0.4) is 0 Å². The second kappa shape index (κ2) is 4.92. The predicted octanol–water partition coefficient (Wildman–Crippen LogP) is 2.59. The normalized spacial score (nSPS) is 9.69. The highest BCUT2D eigenvalue weighted by Crippen LogP contribution is 2.16. The summed E-state index contributed by atoms with van der Waals surface area (Å²) in [7, 11) is 0. The van der Waals surface area contributed by atoms with Crippen molar-refractivity contribution in [3.05, 3.63) is 29.8 Å². The predicted molar refractivity (Wildman–Crippen MR) is 54.2 cm³/mol. The smallest absolute Gasteiger partial charge is 0.338 e. The van der Waals surface area contributed by atoms with Crippen LogP contribution in [0.1, 0.15) is 17.3 Å². The van der Waals surface area contributed by atoms with Crippen molar-refractivity contribution in [3.63, 3.8) is 0 Å². The lowest BCUT2D eigenvalue weighted by Gasteiger charge is -2.02. The maximum absolute atomic E-state index is 11.3. The molecule has 0 saturated heterocycles. The maximum atomic E-state index is 11.3. The van der Waals surface area contributed by atoms with Gasteiger partial charge in [-0.2, -0.15) is 0 Å². The molecule has 0 fully saturated rings. The minimum absolute atomic E-state index is 0.251. The Morgan fingerprint density at radius 3 is 2.92 bits per heavy atom. The van der Waals surface area contributed by atoms with Gasteiger partial charge in [0.25, 0.3) is 0 Å². The van der Waals surface area contributed by atoms with Gasteiger partial charge in [-0.3, -0.25) is 0 Å². The van der Waals surface area contributed by atoms with E-state index in [2.05, 4.69) is 0 Å². The van der Waals surface area contributed by atoms with Gasteiger partial charge >= 0.3 is 5.97 Å². The highest BCUT2D eigenvalue weighted by Gasteiger charge is 2.05. The molecule has 0 N–H and O–H groups in total. The van der Waals surface area contributed by atoms with Gasteiger partial charge in [-0.1, -0.05) is 6.07 Å². The Morgan fingerprint density at radius 1 is 1.54 bits per heavy atom. The number of carbonyl (C=O) groups is 1. The highest BCUT2D eigenvalue weighted by molar-refractivity contribution is 7.98. The molecule has 1 rings (SSSR count). The monoisotopic (exact) mass is 196 g/mol. The van der Waals surface area contributed by atoms with Crippen LogP contribution in [0.5, 0.6) is 0 Å². The summed E-state index contributed by atoms with van der Waals surface area (Å²) in [5.41, 5.74) is 0.619. The lowest BCUT2D eigenvalue weighted by molar-refractivity contribution is 0.0526. The molecule has 0 saturated carbocycles. The van der Waals surface area contributed by atoms with Crippen molar-refractivity contribution in [3.8, 4) is 0 Å². The zero-order valence-corrected chi connectivity index (χ0v) is 8.56. The van der Waals surface area contributed by atoms with Crippen molar-refractivity contribution >= 4 is 17.7 Å². The van der Waals surface area contributed by atoms with Crippen LogP contribution in [-0.4, -0.2) is 18.8 Å². The minimum atomic E-state index is -0.251. The van der Waals surface area contributed by atoms with E-state index in [0.29, 0.717) is 12.2 Å². The molecule has 0 amide bonds. The van der Waals surface area contributed by atoms with Crippen molar-refractivity contribution in [2.75, 3.05) is 12.9 Å². The van der Waals surface area contributed by atoms with E-state index < -0.39 is 0 Å². The van der Waals surface area contributed by atoms with Gasteiger partial charge in [-0.25, -0.2) is 4.79 Å². The topological polar surface area (TPSA) is 26.3 Å². The first-order chi connectivity index (χ1) is 6.27. The molecular weight excluding hydrogens is 184 g/mol. The number of hydrogen-bond donors (Lipinski definition) is 0. The van der Waals surface area contributed by atoms with Crippen molar-refractivity contribution in [1.29, 1.82) is 0 Å². The number of benzene rings is 1. The van der Waals surface area contributed by atoms with Crippen LogP contribution in [0.25, 0.3) is 0 Å². The van der Waals surface area contributed by atoms with E-state index in [1.165, 1.54) is 0 Å². The molecule has 3 heteroatoms. The first-order valence-electron chi connectivity index (χ1n) is 4.09. The summed E-state index contributed by atoms with van der Waals surface area (Å²) in [6, 6.07) is 7.42. The Balaban J connectivity index is 2.82. The maximum Gasteiger partial charge on any atom is 0.338 e. The van der Waals surface area contributed by atoms with Gasteiger partial charge in [0.15, 0.2) is 0 Å². The first kappa shape index (κ1) is 10.1. The number of thioether (sulfide) groups is 1. The molecule has 0 radical (unpaired) electrons. The molecule has 70 valence electrons. The van der Waals surface area contributed by atoms with Crippen molar-refractivity contribution < 1.29 is 9.53 Å². The SMILES string of the molecule is CCOC(=O)c1cccc(SC)c1. The van der Waals surface area contributed by atoms with Crippen LogP contribution in [0.4, 0.5) is 0 Å². The molecule has 2 nitrogen and oxygen atoms in total. The standard InChI is InChI=1S/C10H12O2S/c1-3-12-10(11)8-5-4-6-9(7-8)13-2/h4-7H,3H2,1-2H3. The summed E-state index contributed by atoms with van der Waals surface area (Å²) in [6.07, 6.45) is 1.98. The van der Waals surface area contributed by atoms with Gasteiger partial charge in [0, 0.05) is 4.90 Å². The summed E-state index contributed by atoms with van der Waals surface area (Å²) < 4.78 is 4.88. The molecule has 0 aliphatic carbocycles. The molecule has 0 atom stereocenters. The Labute approximate surface area is 82.3 Å². The number of esters is 1. The summed E-state index contributed by atoms with van der Waals surface area (Å²) >= 11 is 1.61. The summed E-state index contributed by atoms with van der Waals surface area (Å²) in [6.45, 7) is 2.22. The van der Waals surface area contributed by atoms with Crippen LogP contribution in [-0.2, 0) is 4.74 Å². The van der Waals surface area contributed by atoms with E-state index in [4.69, 9.17) is 4.74 Å². The zero-order chi connectivity index (χ0) is 9.68. The quantitative estimate of drug-likeness (QED) is 0.549. The van der Waals surface area contributed by atoms with E-state index >= 15 is 0 Å².